The van der Waals surface area contributed by atoms with E-state index in [0.29, 0.717) is 52.1 Å². The van der Waals surface area contributed by atoms with Gasteiger partial charge in [-0.1, -0.05) is 0 Å². The number of carbonyl (C=O) groups is 3. The Morgan fingerprint density at radius 1 is 1.08 bits per heavy atom. The van der Waals surface area contributed by atoms with Crippen molar-refractivity contribution in [2.24, 2.45) is 0 Å². The van der Waals surface area contributed by atoms with Crippen molar-refractivity contribution in [3.8, 4) is 0 Å². The standard InChI is InChI=1S/C16H29N3O5/c1-16(2,3)24-15(22)19-10-8-18(9-11-19)12-13(20)17-7-5-6-14(21)23-4/h5-12H2,1-4H3,(H,17,20). The molecule has 24 heavy (non-hydrogen) atoms. The van der Waals surface area contributed by atoms with Gasteiger partial charge < -0.3 is 19.7 Å². The zero-order chi connectivity index (χ0) is 18.2. The first-order valence-electron chi connectivity index (χ1n) is 8.25. The Bertz CT molecular complexity index is 439. The first-order chi connectivity index (χ1) is 11.2. The summed E-state index contributed by atoms with van der Waals surface area (Å²) in [6.45, 7) is 8.62. The molecule has 0 aliphatic carbocycles. The van der Waals surface area contributed by atoms with Crippen LogP contribution in [-0.2, 0) is 19.1 Å². The molecule has 0 spiro atoms. The maximum Gasteiger partial charge on any atom is 0.410 e. The number of nitrogens with zero attached hydrogens (tertiary/aromatic N) is 2. The van der Waals surface area contributed by atoms with Crippen LogP contribution in [0.5, 0.6) is 0 Å². The number of carbonyl (C=O) groups excluding carboxylic acids is 3. The molecule has 1 aliphatic rings. The number of rotatable bonds is 6. The molecule has 0 bridgehead atoms. The van der Waals surface area contributed by atoms with Crippen molar-refractivity contribution in [2.75, 3.05) is 46.4 Å². The molecule has 8 nitrogen and oxygen atoms in total. The van der Waals surface area contributed by atoms with E-state index >= 15 is 0 Å². The predicted octanol–water partition coefficient (Wildman–Crippen LogP) is 0.609. The predicted molar refractivity (Wildman–Crippen MR) is 88.5 cm³/mol. The van der Waals surface area contributed by atoms with E-state index in [1.54, 1.807) is 4.90 Å². The third-order valence-electron chi connectivity index (χ3n) is 3.50. The van der Waals surface area contributed by atoms with E-state index in [4.69, 9.17) is 4.74 Å². The molecule has 1 aliphatic heterocycles. The molecule has 0 atom stereocenters. The van der Waals surface area contributed by atoms with Crippen molar-refractivity contribution in [2.45, 2.75) is 39.2 Å². The molecule has 0 aromatic rings. The summed E-state index contributed by atoms with van der Waals surface area (Å²) in [5.74, 6) is -0.354. The highest BCUT2D eigenvalue weighted by Gasteiger charge is 2.26. The molecule has 1 heterocycles. The minimum Gasteiger partial charge on any atom is -0.469 e. The molecule has 0 aromatic heterocycles. The van der Waals surface area contributed by atoms with Gasteiger partial charge in [0.2, 0.25) is 5.91 Å². The fourth-order valence-corrected chi connectivity index (χ4v) is 2.24. The lowest BCUT2D eigenvalue weighted by molar-refractivity contribution is -0.140. The Balaban J connectivity index is 2.20. The highest BCUT2D eigenvalue weighted by Crippen LogP contribution is 2.11. The molecule has 8 heteroatoms. The van der Waals surface area contributed by atoms with Gasteiger partial charge in [0, 0.05) is 39.1 Å². The normalized spacial score (nSPS) is 15.8. The Morgan fingerprint density at radius 3 is 2.25 bits per heavy atom. The molecule has 0 unspecified atom stereocenters. The van der Waals surface area contributed by atoms with Gasteiger partial charge in [-0.2, -0.15) is 0 Å². The number of esters is 1. The van der Waals surface area contributed by atoms with E-state index in [0.717, 1.165) is 0 Å². The second kappa shape index (κ2) is 9.46. The molecule has 2 amide bonds. The van der Waals surface area contributed by atoms with Crippen LogP contribution in [0.3, 0.4) is 0 Å². The molecule has 1 fully saturated rings. The number of hydrogen-bond donors (Lipinski definition) is 1. The zero-order valence-electron chi connectivity index (χ0n) is 15.1. The number of nitrogens with one attached hydrogen (secondary N) is 1. The third kappa shape index (κ3) is 8.14. The third-order valence-corrected chi connectivity index (χ3v) is 3.50. The van der Waals surface area contributed by atoms with Gasteiger partial charge in [0.1, 0.15) is 5.60 Å². The van der Waals surface area contributed by atoms with Crippen LogP contribution in [0.1, 0.15) is 33.6 Å². The Labute approximate surface area is 143 Å². The van der Waals surface area contributed by atoms with Crippen LogP contribution in [0, 0.1) is 0 Å². The summed E-state index contributed by atoms with van der Waals surface area (Å²) in [7, 11) is 1.35. The number of methoxy groups -OCH3 is 1. The molecule has 1 N–H and O–H groups in total. The molecular formula is C16H29N3O5. The molecule has 1 saturated heterocycles. The van der Waals surface area contributed by atoms with E-state index in [9.17, 15) is 14.4 Å². The number of amides is 2. The van der Waals surface area contributed by atoms with Crippen LogP contribution >= 0.6 is 0 Å². The number of ether oxygens (including phenoxy) is 2. The van der Waals surface area contributed by atoms with Crippen LogP contribution in [0.25, 0.3) is 0 Å². The molecule has 0 saturated carbocycles. The summed E-state index contributed by atoms with van der Waals surface area (Å²) in [5.41, 5.74) is -0.502. The van der Waals surface area contributed by atoms with Gasteiger partial charge >= 0.3 is 12.1 Å². The average molecular weight is 343 g/mol. The van der Waals surface area contributed by atoms with E-state index in [2.05, 4.69) is 10.1 Å². The van der Waals surface area contributed by atoms with Gasteiger partial charge in [-0.05, 0) is 27.2 Å². The minimum absolute atomic E-state index is 0.0782. The highest BCUT2D eigenvalue weighted by atomic mass is 16.6. The van der Waals surface area contributed by atoms with Crippen molar-refractivity contribution in [1.29, 1.82) is 0 Å². The second-order valence-corrected chi connectivity index (χ2v) is 6.77. The fraction of sp³-hybridized carbons (Fsp3) is 0.812. The maximum atomic E-state index is 12.0. The van der Waals surface area contributed by atoms with Crippen LogP contribution in [-0.4, -0.2) is 79.7 Å². The summed E-state index contributed by atoms with van der Waals surface area (Å²) < 4.78 is 9.87. The largest absolute Gasteiger partial charge is 0.469 e. The van der Waals surface area contributed by atoms with E-state index in [-0.39, 0.29) is 18.0 Å². The van der Waals surface area contributed by atoms with Crippen LogP contribution in [0.4, 0.5) is 4.79 Å². The van der Waals surface area contributed by atoms with E-state index in [1.165, 1.54) is 7.11 Å². The van der Waals surface area contributed by atoms with Crippen LogP contribution in [0.2, 0.25) is 0 Å². The quantitative estimate of drug-likeness (QED) is 0.561. The number of hydrogen-bond acceptors (Lipinski definition) is 6. The molecule has 0 aromatic carbocycles. The lowest BCUT2D eigenvalue weighted by atomic mass is 10.2. The van der Waals surface area contributed by atoms with Crippen LogP contribution in [0.15, 0.2) is 0 Å². The summed E-state index contributed by atoms with van der Waals surface area (Å²) in [6, 6.07) is 0. The zero-order valence-corrected chi connectivity index (χ0v) is 15.1. The molecule has 138 valence electrons. The van der Waals surface area contributed by atoms with Gasteiger partial charge in [-0.25, -0.2) is 4.79 Å². The summed E-state index contributed by atoms with van der Waals surface area (Å²) in [4.78, 5) is 38.4. The van der Waals surface area contributed by atoms with Crippen molar-refractivity contribution in [1.82, 2.24) is 15.1 Å². The Kier molecular flexibility index (Phi) is 7.97. The molecular weight excluding hydrogens is 314 g/mol. The average Bonchev–Trinajstić information content (AvgIpc) is 2.50. The lowest BCUT2D eigenvalue weighted by Gasteiger charge is -2.35. The smallest absolute Gasteiger partial charge is 0.410 e. The Hall–Kier alpha value is -1.83. The van der Waals surface area contributed by atoms with Crippen LogP contribution < -0.4 is 5.32 Å². The van der Waals surface area contributed by atoms with Gasteiger partial charge in [0.25, 0.3) is 0 Å². The number of piperazine rings is 1. The maximum absolute atomic E-state index is 12.0. The highest BCUT2D eigenvalue weighted by molar-refractivity contribution is 5.78. The van der Waals surface area contributed by atoms with Gasteiger partial charge in [-0.15, -0.1) is 0 Å². The minimum atomic E-state index is -0.502. The fourth-order valence-electron chi connectivity index (χ4n) is 2.24. The Morgan fingerprint density at radius 2 is 1.71 bits per heavy atom. The first-order valence-corrected chi connectivity index (χ1v) is 8.25. The second-order valence-electron chi connectivity index (χ2n) is 6.77. The van der Waals surface area contributed by atoms with Crippen molar-refractivity contribution < 1.29 is 23.9 Å². The van der Waals surface area contributed by atoms with Crippen molar-refractivity contribution in [3.63, 3.8) is 0 Å². The SMILES string of the molecule is COC(=O)CCCNC(=O)CN1CCN(C(=O)OC(C)(C)C)CC1. The monoisotopic (exact) mass is 343 g/mol. The van der Waals surface area contributed by atoms with Gasteiger partial charge in [0.05, 0.1) is 13.7 Å². The molecule has 0 radical (unpaired) electrons. The van der Waals surface area contributed by atoms with E-state index < -0.39 is 5.60 Å². The van der Waals surface area contributed by atoms with Gasteiger partial charge in [0.15, 0.2) is 0 Å². The lowest BCUT2D eigenvalue weighted by Crippen LogP contribution is -2.52. The molecule has 1 rings (SSSR count). The topological polar surface area (TPSA) is 88.2 Å². The van der Waals surface area contributed by atoms with E-state index in [1.807, 2.05) is 25.7 Å². The summed E-state index contributed by atoms with van der Waals surface area (Å²) in [6.07, 6.45) is 0.547. The van der Waals surface area contributed by atoms with Crippen molar-refractivity contribution in [3.05, 3.63) is 0 Å². The summed E-state index contributed by atoms with van der Waals surface area (Å²) >= 11 is 0. The summed E-state index contributed by atoms with van der Waals surface area (Å²) in [5, 5.41) is 2.78. The first kappa shape index (κ1) is 20.2. The van der Waals surface area contributed by atoms with Gasteiger partial charge in [-0.3, -0.25) is 14.5 Å². The van der Waals surface area contributed by atoms with Crippen molar-refractivity contribution >= 4 is 18.0 Å².